The molecule has 0 radical (unpaired) electrons. The number of phenolic OH excluding ortho intramolecular Hbond substituents is 1. The standard InChI is InChI=1S/C10H9ClN4O3/c1-18-7-2-4(5(11)3-6(7)16)8-9(10(12)17)14-15-13-8/h2-3,16H,1H3,(H2,12,17)(H,13,14,15). The van der Waals surface area contributed by atoms with Crippen molar-refractivity contribution in [3.8, 4) is 22.8 Å². The predicted molar refractivity (Wildman–Crippen MR) is 63.6 cm³/mol. The second-order valence-electron chi connectivity index (χ2n) is 3.39. The molecule has 2 aromatic rings. The predicted octanol–water partition coefficient (Wildman–Crippen LogP) is 0.938. The number of aromatic amines is 1. The summed E-state index contributed by atoms with van der Waals surface area (Å²) in [4.78, 5) is 11.2. The fraction of sp³-hybridized carbons (Fsp3) is 0.100. The van der Waals surface area contributed by atoms with Crippen molar-refractivity contribution in [1.29, 1.82) is 0 Å². The van der Waals surface area contributed by atoms with Crippen LogP contribution in [0.2, 0.25) is 5.02 Å². The average Bonchev–Trinajstić information content (AvgIpc) is 2.78. The van der Waals surface area contributed by atoms with Gasteiger partial charge >= 0.3 is 0 Å². The van der Waals surface area contributed by atoms with Crippen LogP contribution in [0.15, 0.2) is 12.1 Å². The highest BCUT2D eigenvalue weighted by Crippen LogP contribution is 2.37. The van der Waals surface area contributed by atoms with E-state index in [0.29, 0.717) is 5.56 Å². The van der Waals surface area contributed by atoms with E-state index < -0.39 is 5.91 Å². The quantitative estimate of drug-likeness (QED) is 0.766. The normalized spacial score (nSPS) is 10.3. The number of H-pyrrole nitrogens is 1. The van der Waals surface area contributed by atoms with E-state index >= 15 is 0 Å². The molecular weight excluding hydrogens is 260 g/mol. The zero-order valence-corrected chi connectivity index (χ0v) is 10.0. The second kappa shape index (κ2) is 4.53. The van der Waals surface area contributed by atoms with Crippen molar-refractivity contribution in [2.24, 2.45) is 5.73 Å². The van der Waals surface area contributed by atoms with E-state index in [4.69, 9.17) is 22.1 Å². The van der Waals surface area contributed by atoms with Crippen LogP contribution in [0, 0.1) is 0 Å². The maximum absolute atomic E-state index is 11.2. The van der Waals surface area contributed by atoms with Crippen LogP contribution in [0.5, 0.6) is 11.5 Å². The summed E-state index contributed by atoms with van der Waals surface area (Å²) in [5.41, 5.74) is 5.71. The summed E-state index contributed by atoms with van der Waals surface area (Å²) in [5.74, 6) is -0.648. The number of amides is 1. The summed E-state index contributed by atoms with van der Waals surface area (Å²) in [7, 11) is 1.39. The Hall–Kier alpha value is -2.28. The van der Waals surface area contributed by atoms with E-state index in [1.54, 1.807) is 0 Å². The van der Waals surface area contributed by atoms with Gasteiger partial charge in [0.1, 0.15) is 5.69 Å². The third-order valence-corrected chi connectivity index (χ3v) is 2.62. The first-order valence-corrected chi connectivity index (χ1v) is 5.19. The number of rotatable bonds is 3. The molecule has 1 amide bonds. The fourth-order valence-electron chi connectivity index (χ4n) is 1.48. The van der Waals surface area contributed by atoms with Crippen molar-refractivity contribution in [2.75, 3.05) is 7.11 Å². The van der Waals surface area contributed by atoms with Gasteiger partial charge < -0.3 is 15.6 Å². The van der Waals surface area contributed by atoms with Gasteiger partial charge in [-0.2, -0.15) is 15.4 Å². The highest BCUT2D eigenvalue weighted by molar-refractivity contribution is 6.33. The number of carbonyl (C=O) groups excluding carboxylic acids is 1. The molecular formula is C10H9ClN4O3. The van der Waals surface area contributed by atoms with Crippen molar-refractivity contribution >= 4 is 17.5 Å². The molecule has 0 aliphatic rings. The number of nitrogens with two attached hydrogens (primary N) is 1. The number of carbonyl (C=O) groups is 1. The summed E-state index contributed by atoms with van der Waals surface area (Å²) in [6.45, 7) is 0. The van der Waals surface area contributed by atoms with Gasteiger partial charge in [-0.1, -0.05) is 11.6 Å². The van der Waals surface area contributed by atoms with Crippen LogP contribution in [-0.2, 0) is 0 Å². The molecule has 0 fully saturated rings. The zero-order chi connectivity index (χ0) is 13.3. The van der Waals surface area contributed by atoms with Gasteiger partial charge in [0, 0.05) is 11.6 Å². The molecule has 4 N–H and O–H groups in total. The third-order valence-electron chi connectivity index (χ3n) is 2.30. The molecule has 0 bridgehead atoms. The number of nitrogens with one attached hydrogen (secondary N) is 1. The molecule has 94 valence electrons. The number of phenols is 1. The molecule has 1 aromatic heterocycles. The number of benzene rings is 1. The van der Waals surface area contributed by atoms with Gasteiger partial charge in [0.15, 0.2) is 17.2 Å². The Morgan fingerprint density at radius 2 is 2.22 bits per heavy atom. The Labute approximate surface area is 107 Å². The molecule has 0 saturated carbocycles. The number of ether oxygens (including phenoxy) is 1. The van der Waals surface area contributed by atoms with Crippen LogP contribution in [0.3, 0.4) is 0 Å². The molecule has 18 heavy (non-hydrogen) atoms. The number of halogens is 1. The minimum absolute atomic E-state index is 0.0374. The van der Waals surface area contributed by atoms with E-state index in [0.717, 1.165) is 0 Å². The minimum Gasteiger partial charge on any atom is -0.504 e. The third kappa shape index (κ3) is 1.95. The van der Waals surface area contributed by atoms with Crippen LogP contribution in [-0.4, -0.2) is 33.5 Å². The Bertz CT molecular complexity index is 611. The number of aromatic nitrogens is 3. The largest absolute Gasteiger partial charge is 0.504 e. The Kier molecular flexibility index (Phi) is 3.07. The van der Waals surface area contributed by atoms with Gasteiger partial charge in [-0.15, -0.1) is 0 Å². The van der Waals surface area contributed by atoms with Crippen molar-refractivity contribution in [2.45, 2.75) is 0 Å². The lowest BCUT2D eigenvalue weighted by molar-refractivity contribution is 0.0996. The highest BCUT2D eigenvalue weighted by atomic mass is 35.5. The first-order valence-electron chi connectivity index (χ1n) is 4.82. The van der Waals surface area contributed by atoms with Gasteiger partial charge in [0.25, 0.3) is 5.91 Å². The number of hydrogen-bond acceptors (Lipinski definition) is 5. The number of hydrogen-bond donors (Lipinski definition) is 3. The molecule has 0 saturated heterocycles. The molecule has 1 heterocycles. The maximum Gasteiger partial charge on any atom is 0.271 e. The second-order valence-corrected chi connectivity index (χ2v) is 3.80. The van der Waals surface area contributed by atoms with E-state index in [1.807, 2.05) is 0 Å². The van der Waals surface area contributed by atoms with Crippen molar-refractivity contribution in [3.63, 3.8) is 0 Å². The van der Waals surface area contributed by atoms with E-state index in [1.165, 1.54) is 19.2 Å². The topological polar surface area (TPSA) is 114 Å². The lowest BCUT2D eigenvalue weighted by atomic mass is 10.1. The van der Waals surface area contributed by atoms with Crippen molar-refractivity contribution < 1.29 is 14.6 Å². The Morgan fingerprint density at radius 1 is 1.50 bits per heavy atom. The zero-order valence-electron chi connectivity index (χ0n) is 9.27. The van der Waals surface area contributed by atoms with Gasteiger partial charge in [-0.05, 0) is 6.07 Å². The van der Waals surface area contributed by atoms with Crippen LogP contribution in [0.1, 0.15) is 10.5 Å². The van der Waals surface area contributed by atoms with Gasteiger partial charge in [-0.25, -0.2) is 0 Å². The van der Waals surface area contributed by atoms with Crippen LogP contribution in [0.4, 0.5) is 0 Å². The van der Waals surface area contributed by atoms with Gasteiger partial charge in [0.2, 0.25) is 0 Å². The molecule has 8 heteroatoms. The molecule has 0 atom stereocenters. The number of aromatic hydroxyl groups is 1. The average molecular weight is 269 g/mol. The summed E-state index contributed by atoms with van der Waals surface area (Å²) in [6.07, 6.45) is 0. The first kappa shape index (κ1) is 12.2. The smallest absolute Gasteiger partial charge is 0.271 e. The lowest BCUT2D eigenvalue weighted by Crippen LogP contribution is -2.12. The van der Waals surface area contributed by atoms with E-state index in [-0.39, 0.29) is 27.9 Å². The minimum atomic E-state index is -0.734. The molecule has 1 aromatic carbocycles. The number of primary amides is 1. The van der Waals surface area contributed by atoms with Crippen molar-refractivity contribution in [1.82, 2.24) is 15.4 Å². The molecule has 0 aliphatic carbocycles. The summed E-state index contributed by atoms with van der Waals surface area (Å²) in [6, 6.07) is 2.73. The lowest BCUT2D eigenvalue weighted by Gasteiger charge is -2.07. The van der Waals surface area contributed by atoms with Crippen LogP contribution < -0.4 is 10.5 Å². The molecule has 0 unspecified atom stereocenters. The van der Waals surface area contributed by atoms with Gasteiger partial charge in [-0.3, -0.25) is 4.79 Å². The Balaban J connectivity index is 2.63. The summed E-state index contributed by atoms with van der Waals surface area (Å²) < 4.78 is 4.96. The fourth-order valence-corrected chi connectivity index (χ4v) is 1.73. The van der Waals surface area contributed by atoms with E-state index in [2.05, 4.69) is 15.4 Å². The SMILES string of the molecule is COc1cc(-c2n[nH]nc2C(N)=O)c(Cl)cc1O. The monoisotopic (exact) mass is 268 g/mol. The summed E-state index contributed by atoms with van der Waals surface area (Å²) in [5, 5.41) is 19.5. The molecule has 0 spiro atoms. The van der Waals surface area contributed by atoms with Crippen molar-refractivity contribution in [3.05, 3.63) is 22.8 Å². The molecule has 7 nitrogen and oxygen atoms in total. The van der Waals surface area contributed by atoms with E-state index in [9.17, 15) is 9.90 Å². The number of nitrogens with zero attached hydrogens (tertiary/aromatic N) is 2. The molecule has 0 aliphatic heterocycles. The summed E-state index contributed by atoms with van der Waals surface area (Å²) >= 11 is 5.98. The van der Waals surface area contributed by atoms with Crippen LogP contribution >= 0.6 is 11.6 Å². The first-order chi connectivity index (χ1) is 8.54. The highest BCUT2D eigenvalue weighted by Gasteiger charge is 2.19. The van der Waals surface area contributed by atoms with Gasteiger partial charge in [0.05, 0.1) is 12.1 Å². The molecule has 2 rings (SSSR count). The maximum atomic E-state index is 11.2. The van der Waals surface area contributed by atoms with Crippen LogP contribution in [0.25, 0.3) is 11.3 Å². The number of methoxy groups -OCH3 is 1. The Morgan fingerprint density at radius 3 is 2.83 bits per heavy atom.